The van der Waals surface area contributed by atoms with Crippen molar-refractivity contribution in [3.8, 4) is 0 Å². The molecule has 3 unspecified atom stereocenters. The van der Waals surface area contributed by atoms with Gasteiger partial charge in [0.05, 0.1) is 0 Å². The van der Waals surface area contributed by atoms with Crippen LogP contribution in [0.2, 0.25) is 0 Å². The quantitative estimate of drug-likeness (QED) is 0.864. The van der Waals surface area contributed by atoms with Crippen molar-refractivity contribution in [2.75, 3.05) is 6.54 Å². The molecule has 0 saturated heterocycles. The van der Waals surface area contributed by atoms with Crippen LogP contribution < -0.4 is 11.1 Å². The molecule has 3 rings (SSSR count). The third-order valence-corrected chi connectivity index (χ3v) is 4.68. The average molecular weight is 258 g/mol. The molecule has 3 atom stereocenters. The van der Waals surface area contributed by atoms with Gasteiger partial charge in [-0.15, -0.1) is 0 Å². The van der Waals surface area contributed by atoms with E-state index in [1.165, 1.54) is 11.1 Å². The van der Waals surface area contributed by atoms with Crippen LogP contribution in [0.25, 0.3) is 0 Å². The second-order valence-corrected chi connectivity index (χ2v) is 6.13. The van der Waals surface area contributed by atoms with Gasteiger partial charge < -0.3 is 11.1 Å². The third-order valence-electron chi connectivity index (χ3n) is 4.68. The zero-order valence-electron chi connectivity index (χ0n) is 11.5. The SMILES string of the molecule is CC(N)CCNC(=O)C1CC12CCc1ccccc12. The molecule has 2 aliphatic rings. The van der Waals surface area contributed by atoms with Crippen LogP contribution in [-0.2, 0) is 16.6 Å². The van der Waals surface area contributed by atoms with E-state index in [-0.39, 0.29) is 23.3 Å². The first kappa shape index (κ1) is 12.7. The van der Waals surface area contributed by atoms with Crippen molar-refractivity contribution in [2.45, 2.75) is 44.1 Å². The van der Waals surface area contributed by atoms with Crippen molar-refractivity contribution in [1.29, 1.82) is 0 Å². The molecule has 3 heteroatoms. The van der Waals surface area contributed by atoms with Gasteiger partial charge in [0.1, 0.15) is 0 Å². The maximum Gasteiger partial charge on any atom is 0.224 e. The highest BCUT2D eigenvalue weighted by Gasteiger charge is 2.61. The highest BCUT2D eigenvalue weighted by molar-refractivity contribution is 5.84. The van der Waals surface area contributed by atoms with E-state index in [0.29, 0.717) is 6.54 Å². The minimum absolute atomic E-state index is 0.153. The molecule has 3 nitrogen and oxygen atoms in total. The number of amides is 1. The molecule has 0 aliphatic heterocycles. The standard InChI is InChI=1S/C16H22N2O/c1-11(17)7-9-18-15(19)14-10-16(14)8-6-12-4-2-3-5-13(12)16/h2-5,11,14H,6-10,17H2,1H3,(H,18,19). The summed E-state index contributed by atoms with van der Waals surface area (Å²) in [6, 6.07) is 8.75. The molecule has 1 fully saturated rings. The zero-order valence-corrected chi connectivity index (χ0v) is 11.5. The molecule has 0 aromatic heterocycles. The number of nitrogens with one attached hydrogen (secondary N) is 1. The number of hydrogen-bond acceptors (Lipinski definition) is 2. The summed E-state index contributed by atoms with van der Waals surface area (Å²) in [5.41, 5.74) is 8.72. The van der Waals surface area contributed by atoms with E-state index in [9.17, 15) is 4.79 Å². The number of fused-ring (bicyclic) bond motifs is 2. The van der Waals surface area contributed by atoms with E-state index in [4.69, 9.17) is 5.73 Å². The van der Waals surface area contributed by atoms with Crippen molar-refractivity contribution >= 4 is 5.91 Å². The van der Waals surface area contributed by atoms with Crippen LogP contribution in [0.4, 0.5) is 0 Å². The summed E-state index contributed by atoms with van der Waals surface area (Å²) in [5.74, 6) is 0.404. The Hall–Kier alpha value is -1.35. The topological polar surface area (TPSA) is 55.1 Å². The molecule has 1 saturated carbocycles. The molecule has 1 amide bonds. The van der Waals surface area contributed by atoms with Crippen molar-refractivity contribution in [3.05, 3.63) is 35.4 Å². The monoisotopic (exact) mass is 258 g/mol. The van der Waals surface area contributed by atoms with Gasteiger partial charge in [0.25, 0.3) is 0 Å². The predicted molar refractivity (Wildman–Crippen MR) is 75.8 cm³/mol. The summed E-state index contributed by atoms with van der Waals surface area (Å²) in [6.45, 7) is 2.67. The lowest BCUT2D eigenvalue weighted by molar-refractivity contribution is -0.122. The molecule has 1 aromatic rings. The summed E-state index contributed by atoms with van der Waals surface area (Å²) >= 11 is 0. The average Bonchev–Trinajstić information content (AvgIpc) is 3.00. The lowest BCUT2D eigenvalue weighted by Crippen LogP contribution is -2.31. The van der Waals surface area contributed by atoms with E-state index in [0.717, 1.165) is 25.7 Å². The van der Waals surface area contributed by atoms with Crippen molar-refractivity contribution in [2.24, 2.45) is 11.7 Å². The molecule has 19 heavy (non-hydrogen) atoms. The molecule has 1 spiro atoms. The van der Waals surface area contributed by atoms with Gasteiger partial charge in [-0.3, -0.25) is 4.79 Å². The Kier molecular flexibility index (Phi) is 3.09. The second kappa shape index (κ2) is 4.64. The van der Waals surface area contributed by atoms with Crippen molar-refractivity contribution < 1.29 is 4.79 Å². The smallest absolute Gasteiger partial charge is 0.224 e. The molecule has 0 heterocycles. The molecule has 102 valence electrons. The van der Waals surface area contributed by atoms with E-state index in [1.807, 2.05) is 6.92 Å². The van der Waals surface area contributed by atoms with Gasteiger partial charge >= 0.3 is 0 Å². The van der Waals surface area contributed by atoms with Gasteiger partial charge in [0.15, 0.2) is 0 Å². The highest BCUT2D eigenvalue weighted by Crippen LogP contribution is 2.61. The van der Waals surface area contributed by atoms with Gasteiger partial charge in [-0.25, -0.2) is 0 Å². The van der Waals surface area contributed by atoms with E-state index in [2.05, 4.69) is 29.6 Å². The maximum atomic E-state index is 12.2. The molecule has 0 radical (unpaired) electrons. The number of hydrogen-bond donors (Lipinski definition) is 2. The number of nitrogens with two attached hydrogens (primary N) is 1. The van der Waals surface area contributed by atoms with Crippen LogP contribution in [0.1, 0.15) is 37.3 Å². The van der Waals surface area contributed by atoms with Gasteiger partial charge in [-0.05, 0) is 43.7 Å². The molecule has 2 aliphatic carbocycles. The van der Waals surface area contributed by atoms with Crippen LogP contribution in [0, 0.1) is 5.92 Å². The Morgan fingerprint density at radius 1 is 1.53 bits per heavy atom. The Morgan fingerprint density at radius 3 is 3.11 bits per heavy atom. The molecule has 3 N–H and O–H groups in total. The van der Waals surface area contributed by atoms with Crippen LogP contribution in [-0.4, -0.2) is 18.5 Å². The predicted octanol–water partition coefficient (Wildman–Crippen LogP) is 1.74. The summed E-state index contributed by atoms with van der Waals surface area (Å²) in [6.07, 6.45) is 4.13. The van der Waals surface area contributed by atoms with Crippen molar-refractivity contribution in [1.82, 2.24) is 5.32 Å². The Bertz CT molecular complexity index is 497. The zero-order chi connectivity index (χ0) is 13.5. The van der Waals surface area contributed by atoms with Gasteiger partial charge in [-0.1, -0.05) is 24.3 Å². The number of benzene rings is 1. The van der Waals surface area contributed by atoms with E-state index >= 15 is 0 Å². The lowest BCUT2D eigenvalue weighted by atomic mass is 9.95. The van der Waals surface area contributed by atoms with E-state index in [1.54, 1.807) is 0 Å². The first-order valence-electron chi connectivity index (χ1n) is 7.25. The minimum Gasteiger partial charge on any atom is -0.356 e. The normalized spacial score (nSPS) is 29.1. The number of aryl methyl sites for hydroxylation is 1. The van der Waals surface area contributed by atoms with Gasteiger partial charge in [-0.2, -0.15) is 0 Å². The Morgan fingerprint density at radius 2 is 2.32 bits per heavy atom. The molecular formula is C16H22N2O. The largest absolute Gasteiger partial charge is 0.356 e. The summed E-state index contributed by atoms with van der Waals surface area (Å²) < 4.78 is 0. The molecule has 0 bridgehead atoms. The minimum atomic E-state index is 0.153. The van der Waals surface area contributed by atoms with Crippen LogP contribution in [0.3, 0.4) is 0 Å². The van der Waals surface area contributed by atoms with E-state index < -0.39 is 0 Å². The first-order valence-corrected chi connectivity index (χ1v) is 7.25. The summed E-state index contributed by atoms with van der Waals surface area (Å²) in [4.78, 5) is 12.2. The Balaban J connectivity index is 1.63. The van der Waals surface area contributed by atoms with Crippen LogP contribution >= 0.6 is 0 Å². The number of carbonyl (C=O) groups excluding carboxylic acids is 1. The number of carbonyl (C=O) groups is 1. The number of rotatable bonds is 4. The fourth-order valence-electron chi connectivity index (χ4n) is 3.49. The molecular weight excluding hydrogens is 236 g/mol. The first-order chi connectivity index (χ1) is 9.13. The fraction of sp³-hybridized carbons (Fsp3) is 0.562. The third kappa shape index (κ3) is 2.16. The van der Waals surface area contributed by atoms with Crippen molar-refractivity contribution in [3.63, 3.8) is 0 Å². The Labute approximate surface area is 114 Å². The van der Waals surface area contributed by atoms with Crippen LogP contribution in [0.15, 0.2) is 24.3 Å². The second-order valence-electron chi connectivity index (χ2n) is 6.13. The van der Waals surface area contributed by atoms with Crippen LogP contribution in [0.5, 0.6) is 0 Å². The summed E-state index contributed by atoms with van der Waals surface area (Å²) in [5, 5.41) is 3.04. The molecule has 1 aromatic carbocycles. The van der Waals surface area contributed by atoms with Gasteiger partial charge in [0, 0.05) is 23.9 Å². The fourth-order valence-corrected chi connectivity index (χ4v) is 3.49. The maximum absolute atomic E-state index is 12.2. The highest BCUT2D eigenvalue weighted by atomic mass is 16.2. The van der Waals surface area contributed by atoms with Gasteiger partial charge in [0.2, 0.25) is 5.91 Å². The lowest BCUT2D eigenvalue weighted by Gasteiger charge is -2.12. The summed E-state index contributed by atoms with van der Waals surface area (Å²) in [7, 11) is 0.